The second-order valence-electron chi connectivity index (χ2n) is 3.43. The van der Waals surface area contributed by atoms with Gasteiger partial charge in [-0.3, -0.25) is 0 Å². The molecule has 0 amide bonds. The molecule has 3 heteroatoms. The van der Waals surface area contributed by atoms with Gasteiger partial charge < -0.3 is 10.8 Å². The molecule has 0 aliphatic heterocycles. The van der Waals surface area contributed by atoms with Crippen LogP contribution in [0.1, 0.15) is 31.4 Å². The molecule has 0 aliphatic rings. The lowest BCUT2D eigenvalue weighted by atomic mass is 9.99. The first-order valence-electron chi connectivity index (χ1n) is 4.84. The van der Waals surface area contributed by atoms with E-state index >= 15 is 0 Å². The van der Waals surface area contributed by atoms with E-state index in [1.807, 2.05) is 6.92 Å². The van der Waals surface area contributed by atoms with E-state index in [1.165, 1.54) is 12.1 Å². The topological polar surface area (TPSA) is 46.2 Å². The highest BCUT2D eigenvalue weighted by Crippen LogP contribution is 2.17. The summed E-state index contributed by atoms with van der Waals surface area (Å²) in [5, 5.41) is 9.62. The second kappa shape index (κ2) is 5.08. The lowest BCUT2D eigenvalue weighted by Crippen LogP contribution is -2.25. The second-order valence-corrected chi connectivity index (χ2v) is 3.43. The summed E-state index contributed by atoms with van der Waals surface area (Å²) < 4.78 is 12.6. The van der Waals surface area contributed by atoms with Crippen molar-refractivity contribution in [3.63, 3.8) is 0 Å². The standard InChI is InChI=1S/C11H16FNO/c1-2-3-10(14)11(13)8-4-6-9(12)7-5-8/h4-7,10-11,14H,2-3,13H2,1H3/t10-,11+/m1/s1. The first-order valence-corrected chi connectivity index (χ1v) is 4.84. The Hall–Kier alpha value is -0.930. The van der Waals surface area contributed by atoms with Crippen molar-refractivity contribution in [3.05, 3.63) is 35.6 Å². The van der Waals surface area contributed by atoms with E-state index in [0.29, 0.717) is 6.42 Å². The number of nitrogens with two attached hydrogens (primary N) is 1. The zero-order valence-electron chi connectivity index (χ0n) is 8.28. The summed E-state index contributed by atoms with van der Waals surface area (Å²) in [6, 6.07) is 5.51. The Balaban J connectivity index is 2.68. The summed E-state index contributed by atoms with van der Waals surface area (Å²) in [7, 11) is 0. The zero-order chi connectivity index (χ0) is 10.6. The minimum Gasteiger partial charge on any atom is -0.391 e. The minimum atomic E-state index is -0.550. The van der Waals surface area contributed by atoms with Gasteiger partial charge in [-0.1, -0.05) is 25.5 Å². The van der Waals surface area contributed by atoms with Gasteiger partial charge in [0, 0.05) is 0 Å². The van der Waals surface area contributed by atoms with Crippen LogP contribution in [0.25, 0.3) is 0 Å². The molecule has 2 atom stereocenters. The van der Waals surface area contributed by atoms with Crippen molar-refractivity contribution in [3.8, 4) is 0 Å². The molecule has 0 aliphatic carbocycles. The predicted octanol–water partition coefficient (Wildman–Crippen LogP) is 1.99. The molecule has 1 aromatic rings. The normalized spacial score (nSPS) is 15.1. The maximum Gasteiger partial charge on any atom is 0.123 e. The highest BCUT2D eigenvalue weighted by Gasteiger charge is 2.15. The van der Waals surface area contributed by atoms with Crippen LogP contribution in [0.2, 0.25) is 0 Å². The van der Waals surface area contributed by atoms with Gasteiger partial charge in [0.05, 0.1) is 12.1 Å². The predicted molar refractivity (Wildman–Crippen MR) is 54.2 cm³/mol. The van der Waals surface area contributed by atoms with Crippen molar-refractivity contribution in [2.75, 3.05) is 0 Å². The van der Waals surface area contributed by atoms with Crippen LogP contribution in [0.4, 0.5) is 4.39 Å². The monoisotopic (exact) mass is 197 g/mol. The Bertz CT molecular complexity index is 273. The van der Waals surface area contributed by atoms with Crippen molar-refractivity contribution in [2.45, 2.75) is 31.9 Å². The molecule has 0 bridgehead atoms. The van der Waals surface area contributed by atoms with E-state index < -0.39 is 12.1 Å². The van der Waals surface area contributed by atoms with E-state index in [4.69, 9.17) is 5.73 Å². The fraction of sp³-hybridized carbons (Fsp3) is 0.455. The summed E-state index contributed by atoms with van der Waals surface area (Å²) in [5.41, 5.74) is 6.57. The van der Waals surface area contributed by atoms with E-state index in [1.54, 1.807) is 12.1 Å². The zero-order valence-corrected chi connectivity index (χ0v) is 8.28. The first-order chi connectivity index (χ1) is 6.65. The molecule has 1 aromatic carbocycles. The Morgan fingerprint density at radius 2 is 1.93 bits per heavy atom. The molecule has 2 nitrogen and oxygen atoms in total. The van der Waals surface area contributed by atoms with Crippen molar-refractivity contribution in [1.82, 2.24) is 0 Å². The number of benzene rings is 1. The van der Waals surface area contributed by atoms with Gasteiger partial charge in [-0.15, -0.1) is 0 Å². The van der Waals surface area contributed by atoms with Crippen LogP contribution in [-0.4, -0.2) is 11.2 Å². The maximum absolute atomic E-state index is 12.6. The maximum atomic E-state index is 12.6. The number of aliphatic hydroxyl groups excluding tert-OH is 1. The number of hydrogen-bond acceptors (Lipinski definition) is 2. The summed E-state index contributed by atoms with van der Waals surface area (Å²) in [4.78, 5) is 0. The molecule has 0 saturated heterocycles. The minimum absolute atomic E-state index is 0.286. The third-order valence-corrected chi connectivity index (χ3v) is 2.25. The third-order valence-electron chi connectivity index (χ3n) is 2.25. The van der Waals surface area contributed by atoms with Crippen molar-refractivity contribution < 1.29 is 9.50 Å². The quantitative estimate of drug-likeness (QED) is 0.775. The molecule has 1 rings (SSSR count). The third kappa shape index (κ3) is 2.79. The Morgan fingerprint density at radius 1 is 1.36 bits per heavy atom. The summed E-state index contributed by atoms with van der Waals surface area (Å²) in [6.45, 7) is 1.99. The van der Waals surface area contributed by atoms with Gasteiger partial charge in [0.2, 0.25) is 0 Å². The number of aliphatic hydroxyl groups is 1. The van der Waals surface area contributed by atoms with Gasteiger partial charge in [0.25, 0.3) is 0 Å². The van der Waals surface area contributed by atoms with Gasteiger partial charge in [-0.05, 0) is 24.1 Å². The summed E-state index contributed by atoms with van der Waals surface area (Å²) in [6.07, 6.45) is 1.000. The molecular weight excluding hydrogens is 181 g/mol. The van der Waals surface area contributed by atoms with Gasteiger partial charge in [-0.2, -0.15) is 0 Å². The highest BCUT2D eigenvalue weighted by atomic mass is 19.1. The van der Waals surface area contributed by atoms with E-state index in [0.717, 1.165) is 12.0 Å². The molecule has 78 valence electrons. The van der Waals surface area contributed by atoms with Crippen molar-refractivity contribution in [2.24, 2.45) is 5.73 Å². The van der Waals surface area contributed by atoms with E-state index in [9.17, 15) is 9.50 Å². The van der Waals surface area contributed by atoms with Crippen molar-refractivity contribution in [1.29, 1.82) is 0 Å². The summed E-state index contributed by atoms with van der Waals surface area (Å²) in [5.74, 6) is -0.286. The molecule has 0 radical (unpaired) electrons. The summed E-state index contributed by atoms with van der Waals surface area (Å²) >= 11 is 0. The Morgan fingerprint density at radius 3 is 2.43 bits per heavy atom. The smallest absolute Gasteiger partial charge is 0.123 e. The fourth-order valence-electron chi connectivity index (χ4n) is 1.38. The largest absolute Gasteiger partial charge is 0.391 e. The average molecular weight is 197 g/mol. The van der Waals surface area contributed by atoms with Gasteiger partial charge in [0.15, 0.2) is 0 Å². The van der Waals surface area contributed by atoms with Gasteiger partial charge >= 0.3 is 0 Å². The van der Waals surface area contributed by atoms with Crippen LogP contribution >= 0.6 is 0 Å². The van der Waals surface area contributed by atoms with Crippen molar-refractivity contribution >= 4 is 0 Å². The highest BCUT2D eigenvalue weighted by molar-refractivity contribution is 5.20. The van der Waals surface area contributed by atoms with Crippen LogP contribution in [-0.2, 0) is 0 Å². The first kappa shape index (κ1) is 11.1. The SMILES string of the molecule is CCC[C@@H](O)[C@@H](N)c1ccc(F)cc1. The lowest BCUT2D eigenvalue weighted by molar-refractivity contribution is 0.134. The Kier molecular flexibility index (Phi) is 4.04. The van der Waals surface area contributed by atoms with E-state index in [2.05, 4.69) is 0 Å². The van der Waals surface area contributed by atoms with Gasteiger partial charge in [0.1, 0.15) is 5.82 Å². The van der Waals surface area contributed by atoms with Crippen LogP contribution in [0, 0.1) is 5.82 Å². The lowest BCUT2D eigenvalue weighted by Gasteiger charge is -2.18. The van der Waals surface area contributed by atoms with Crippen LogP contribution in [0.3, 0.4) is 0 Å². The van der Waals surface area contributed by atoms with E-state index in [-0.39, 0.29) is 5.82 Å². The molecule has 0 spiro atoms. The van der Waals surface area contributed by atoms with Crippen LogP contribution < -0.4 is 5.73 Å². The molecular formula is C11H16FNO. The molecule has 0 saturated carbocycles. The molecule has 14 heavy (non-hydrogen) atoms. The van der Waals surface area contributed by atoms with Gasteiger partial charge in [-0.25, -0.2) is 4.39 Å². The average Bonchev–Trinajstić information content (AvgIpc) is 2.18. The molecule has 0 fully saturated rings. The number of hydrogen-bond donors (Lipinski definition) is 2. The molecule has 0 heterocycles. The Labute approximate surface area is 83.6 Å². The number of rotatable bonds is 4. The number of halogens is 1. The fourth-order valence-corrected chi connectivity index (χ4v) is 1.38. The van der Waals surface area contributed by atoms with Crippen LogP contribution in [0.5, 0.6) is 0 Å². The molecule has 0 aromatic heterocycles. The van der Waals surface area contributed by atoms with Crippen LogP contribution in [0.15, 0.2) is 24.3 Å². The molecule has 3 N–H and O–H groups in total. The molecule has 0 unspecified atom stereocenters.